The lowest BCUT2D eigenvalue weighted by molar-refractivity contribution is -0.432. The molecule has 0 spiro atoms. The van der Waals surface area contributed by atoms with Crippen LogP contribution in [0.5, 0.6) is 0 Å². The normalized spacial score (nSPS) is 11.9. The van der Waals surface area contributed by atoms with E-state index >= 15 is 0 Å². The average molecular weight is 302 g/mol. The highest BCUT2D eigenvalue weighted by Gasteiger charge is 2.12. The van der Waals surface area contributed by atoms with Gasteiger partial charge >= 0.3 is 0 Å². The summed E-state index contributed by atoms with van der Waals surface area (Å²) in [6.45, 7) is 1.75. The molecule has 0 aromatic heterocycles. The molecule has 0 saturated heterocycles. The van der Waals surface area contributed by atoms with E-state index in [0.717, 1.165) is 23.0 Å². The predicted octanol–water partition coefficient (Wildman–Crippen LogP) is 2.82. The molecular weight excluding hydrogens is 292 g/mol. The molecule has 2 N–H and O–H groups in total. The van der Waals surface area contributed by atoms with Crippen LogP contribution in [0.1, 0.15) is 5.56 Å². The van der Waals surface area contributed by atoms with Crippen LogP contribution in [0.2, 0.25) is 0 Å². The van der Waals surface area contributed by atoms with E-state index in [9.17, 15) is 8.42 Å². The zero-order chi connectivity index (χ0) is 14.0. The standard InChI is InChI=1S/C11H10O6S2/c1-7-4-10(19(13,14)15)6-8-5-9(18-17-16-12)2-3-11(7)8/h2-6,12H,1H3,(H,13,14,15). The molecule has 2 aromatic carbocycles. The van der Waals surface area contributed by atoms with E-state index in [1.54, 1.807) is 25.1 Å². The van der Waals surface area contributed by atoms with Crippen LogP contribution in [-0.4, -0.2) is 18.2 Å². The molecule has 0 saturated carbocycles. The molecule has 0 atom stereocenters. The number of hydrogen-bond acceptors (Lipinski definition) is 6. The van der Waals surface area contributed by atoms with Gasteiger partial charge in [-0.25, -0.2) is 5.26 Å². The van der Waals surface area contributed by atoms with Gasteiger partial charge in [-0.2, -0.15) is 8.42 Å². The van der Waals surface area contributed by atoms with Crippen LogP contribution >= 0.6 is 12.0 Å². The molecule has 0 radical (unpaired) electrons. The summed E-state index contributed by atoms with van der Waals surface area (Å²) in [5, 5.41) is 13.0. The minimum Gasteiger partial charge on any atom is -0.282 e. The van der Waals surface area contributed by atoms with Gasteiger partial charge in [-0.3, -0.25) is 4.55 Å². The third-order valence-electron chi connectivity index (χ3n) is 2.56. The van der Waals surface area contributed by atoms with E-state index in [1.807, 2.05) is 0 Å². The number of fused-ring (bicyclic) bond motifs is 1. The Morgan fingerprint density at radius 3 is 2.58 bits per heavy atom. The second kappa shape index (κ2) is 5.45. The molecule has 0 aliphatic heterocycles. The van der Waals surface area contributed by atoms with Crippen molar-refractivity contribution >= 4 is 32.9 Å². The minimum absolute atomic E-state index is 0.168. The minimum atomic E-state index is -4.25. The van der Waals surface area contributed by atoms with Crippen molar-refractivity contribution in [1.29, 1.82) is 0 Å². The van der Waals surface area contributed by atoms with Crippen molar-refractivity contribution in [1.82, 2.24) is 0 Å². The number of aryl methyl sites for hydroxylation is 1. The Hall–Kier alpha value is -1.16. The van der Waals surface area contributed by atoms with Gasteiger partial charge in [-0.15, -0.1) is 4.33 Å². The molecule has 19 heavy (non-hydrogen) atoms. The monoisotopic (exact) mass is 302 g/mol. The van der Waals surface area contributed by atoms with Crippen LogP contribution in [0.15, 0.2) is 40.1 Å². The van der Waals surface area contributed by atoms with E-state index < -0.39 is 10.1 Å². The largest absolute Gasteiger partial charge is 0.294 e. The van der Waals surface area contributed by atoms with Crippen LogP contribution in [0.25, 0.3) is 10.8 Å². The maximum Gasteiger partial charge on any atom is 0.294 e. The Bertz CT molecular complexity index is 710. The molecule has 0 aliphatic rings. The van der Waals surface area contributed by atoms with Crippen molar-refractivity contribution < 1.29 is 27.6 Å². The Kier molecular flexibility index (Phi) is 4.09. The first-order valence-electron chi connectivity index (χ1n) is 5.08. The molecule has 6 nitrogen and oxygen atoms in total. The van der Waals surface area contributed by atoms with Gasteiger partial charge in [0.15, 0.2) is 0 Å². The molecule has 8 heteroatoms. The summed E-state index contributed by atoms with van der Waals surface area (Å²) in [5.41, 5.74) is 0.723. The van der Waals surface area contributed by atoms with Crippen LogP contribution in [-0.2, 0) is 19.5 Å². The van der Waals surface area contributed by atoms with E-state index in [4.69, 9.17) is 9.81 Å². The quantitative estimate of drug-likeness (QED) is 0.388. The molecule has 102 valence electrons. The van der Waals surface area contributed by atoms with Gasteiger partial charge in [0.25, 0.3) is 10.1 Å². The Labute approximate surface area is 113 Å². The molecule has 0 heterocycles. The van der Waals surface area contributed by atoms with Gasteiger partial charge < -0.3 is 0 Å². The van der Waals surface area contributed by atoms with Gasteiger partial charge in [0.05, 0.1) is 16.9 Å². The Balaban J connectivity index is 2.57. The number of rotatable bonds is 4. The molecule has 2 aromatic rings. The fourth-order valence-electron chi connectivity index (χ4n) is 1.76. The fourth-order valence-corrected chi connectivity index (χ4v) is 2.77. The van der Waals surface area contributed by atoms with Crippen molar-refractivity contribution in [3.8, 4) is 0 Å². The summed E-state index contributed by atoms with van der Waals surface area (Å²) in [5.74, 6) is 0. The SMILES string of the molecule is Cc1cc(S(=O)(=O)O)cc2cc(SOOO)ccc12. The fraction of sp³-hybridized carbons (Fsp3) is 0.0909. The zero-order valence-corrected chi connectivity index (χ0v) is 11.4. The highest BCUT2D eigenvalue weighted by Crippen LogP contribution is 2.28. The summed E-state index contributed by atoms with van der Waals surface area (Å²) in [4.78, 5) is 0.437. The first-order chi connectivity index (χ1) is 8.91. The molecular formula is C11H10O6S2. The van der Waals surface area contributed by atoms with E-state index in [1.165, 1.54) is 12.1 Å². The van der Waals surface area contributed by atoms with Gasteiger partial charge in [0, 0.05) is 4.90 Å². The number of benzene rings is 2. The van der Waals surface area contributed by atoms with Gasteiger partial charge in [0.1, 0.15) is 0 Å². The van der Waals surface area contributed by atoms with Crippen LogP contribution in [0, 0.1) is 6.92 Å². The van der Waals surface area contributed by atoms with Crippen molar-refractivity contribution in [2.45, 2.75) is 16.7 Å². The van der Waals surface area contributed by atoms with Gasteiger partial charge in [-0.05, 0) is 47.5 Å². The van der Waals surface area contributed by atoms with Crippen molar-refractivity contribution in [3.05, 3.63) is 35.9 Å². The second-order valence-electron chi connectivity index (χ2n) is 3.82. The van der Waals surface area contributed by atoms with Crippen LogP contribution in [0.3, 0.4) is 0 Å². The summed E-state index contributed by atoms with van der Waals surface area (Å²) in [7, 11) is -4.25. The van der Waals surface area contributed by atoms with E-state index in [2.05, 4.69) is 9.37 Å². The smallest absolute Gasteiger partial charge is 0.282 e. The molecule has 0 fully saturated rings. The van der Waals surface area contributed by atoms with Crippen molar-refractivity contribution in [2.75, 3.05) is 0 Å². The van der Waals surface area contributed by atoms with Crippen molar-refractivity contribution in [3.63, 3.8) is 0 Å². The predicted molar refractivity (Wildman–Crippen MR) is 69.2 cm³/mol. The lowest BCUT2D eigenvalue weighted by Gasteiger charge is -2.06. The third-order valence-corrected chi connectivity index (χ3v) is 3.97. The first kappa shape index (κ1) is 14.3. The lowest BCUT2D eigenvalue weighted by atomic mass is 10.1. The highest BCUT2D eigenvalue weighted by molar-refractivity contribution is 7.94. The van der Waals surface area contributed by atoms with Gasteiger partial charge in [0.2, 0.25) is 0 Å². The maximum absolute atomic E-state index is 11.2. The molecule has 0 amide bonds. The summed E-state index contributed by atoms with van der Waals surface area (Å²) < 4.78 is 35.7. The zero-order valence-electron chi connectivity index (χ0n) is 9.73. The average Bonchev–Trinajstić information content (AvgIpc) is 2.34. The van der Waals surface area contributed by atoms with Crippen molar-refractivity contribution in [2.24, 2.45) is 0 Å². The van der Waals surface area contributed by atoms with Crippen LogP contribution in [0.4, 0.5) is 0 Å². The Morgan fingerprint density at radius 2 is 1.95 bits per heavy atom. The second-order valence-corrected chi connectivity index (χ2v) is 6.02. The first-order valence-corrected chi connectivity index (χ1v) is 7.26. The summed E-state index contributed by atoms with van der Waals surface area (Å²) in [6.07, 6.45) is 0. The molecule has 2 rings (SSSR count). The highest BCUT2D eigenvalue weighted by atomic mass is 32.2. The molecule has 0 bridgehead atoms. The summed E-state index contributed by atoms with van der Waals surface area (Å²) in [6, 6.07) is 7.92. The third kappa shape index (κ3) is 3.24. The Morgan fingerprint density at radius 1 is 1.21 bits per heavy atom. The topological polar surface area (TPSA) is 93.1 Å². The van der Waals surface area contributed by atoms with Crippen LogP contribution < -0.4 is 0 Å². The van der Waals surface area contributed by atoms with Gasteiger partial charge in [-0.1, -0.05) is 11.1 Å². The lowest BCUT2D eigenvalue weighted by Crippen LogP contribution is -1.98. The molecule has 0 unspecified atom stereocenters. The van der Waals surface area contributed by atoms with E-state index in [-0.39, 0.29) is 4.90 Å². The number of hydrogen-bond donors (Lipinski definition) is 2. The summed E-state index contributed by atoms with van der Waals surface area (Å²) >= 11 is 0.770. The molecule has 0 aliphatic carbocycles. The van der Waals surface area contributed by atoms with E-state index in [0.29, 0.717) is 10.3 Å². The maximum atomic E-state index is 11.2.